The number of carbonyl (C=O) groups excluding carboxylic acids is 1. The highest BCUT2D eigenvalue weighted by atomic mass is 127. The van der Waals surface area contributed by atoms with Gasteiger partial charge in [-0.2, -0.15) is 0 Å². The van der Waals surface area contributed by atoms with Gasteiger partial charge < -0.3 is 10.2 Å². The fourth-order valence-corrected chi connectivity index (χ4v) is 6.27. The second-order valence-electron chi connectivity index (χ2n) is 10.5. The van der Waals surface area contributed by atoms with Crippen LogP contribution in [0.2, 0.25) is 0 Å². The van der Waals surface area contributed by atoms with Crippen LogP contribution in [0.15, 0.2) is 59.6 Å². The number of amides is 1. The van der Waals surface area contributed by atoms with E-state index in [1.807, 2.05) is 37.3 Å². The SMILES string of the molecule is CCN(CC)CCCc1ncccc1CNS(=O)(=O)c1ccc(C(=O)NOCC2CC2)c(Nc2ccc(I)cc2C)c1. The summed E-state index contributed by atoms with van der Waals surface area (Å²) in [5.74, 6) is 0.0431. The van der Waals surface area contributed by atoms with Crippen LogP contribution in [0.25, 0.3) is 0 Å². The first kappa shape index (κ1) is 32.3. The van der Waals surface area contributed by atoms with Crippen LogP contribution >= 0.6 is 22.6 Å². The second kappa shape index (κ2) is 15.2. The summed E-state index contributed by atoms with van der Waals surface area (Å²) in [6.07, 6.45) is 5.66. The van der Waals surface area contributed by atoms with Gasteiger partial charge in [0, 0.05) is 27.7 Å². The minimum absolute atomic E-state index is 0.0515. The molecule has 1 fully saturated rings. The van der Waals surface area contributed by atoms with Crippen molar-refractivity contribution in [3.05, 3.63) is 80.7 Å². The van der Waals surface area contributed by atoms with Gasteiger partial charge in [0.1, 0.15) is 0 Å². The standard InChI is InChI=1S/C31H40IN5O4S/c1-4-37(5-2)17-7-9-29-24(8-6-16-33-29)20-34-42(39,40)26-13-14-27(31(38)36-41-21-23-10-11-23)30(19-26)35-28-15-12-25(32)18-22(28)3/h6,8,12-16,18-19,23,34-35H,4-5,7,9-11,17,20-21H2,1-3H3,(H,36,38). The molecule has 1 heterocycles. The zero-order valence-corrected chi connectivity index (χ0v) is 27.4. The molecule has 1 aliphatic rings. The number of carbonyl (C=O) groups is 1. The summed E-state index contributed by atoms with van der Waals surface area (Å²) >= 11 is 2.24. The highest BCUT2D eigenvalue weighted by Crippen LogP contribution is 2.29. The lowest BCUT2D eigenvalue weighted by Crippen LogP contribution is -2.27. The summed E-state index contributed by atoms with van der Waals surface area (Å²) in [5, 5.41) is 3.27. The molecule has 1 aromatic heterocycles. The maximum absolute atomic E-state index is 13.5. The lowest BCUT2D eigenvalue weighted by Gasteiger charge is -2.18. The maximum atomic E-state index is 13.5. The van der Waals surface area contributed by atoms with Crippen molar-refractivity contribution in [2.45, 2.75) is 57.9 Å². The molecule has 42 heavy (non-hydrogen) atoms. The molecule has 0 unspecified atom stereocenters. The molecule has 0 aliphatic heterocycles. The third-order valence-electron chi connectivity index (χ3n) is 7.40. The molecule has 0 spiro atoms. The minimum Gasteiger partial charge on any atom is -0.355 e. The Morgan fingerprint density at radius 3 is 2.60 bits per heavy atom. The van der Waals surface area contributed by atoms with E-state index in [2.05, 4.69) is 61.8 Å². The smallest absolute Gasteiger partial charge is 0.276 e. The van der Waals surface area contributed by atoms with Gasteiger partial charge in [0.2, 0.25) is 10.0 Å². The number of hydrogen-bond donors (Lipinski definition) is 3. The molecule has 0 bridgehead atoms. The minimum atomic E-state index is -3.90. The van der Waals surface area contributed by atoms with Crippen LogP contribution < -0.4 is 15.5 Å². The van der Waals surface area contributed by atoms with Crippen molar-refractivity contribution in [2.75, 3.05) is 31.6 Å². The van der Waals surface area contributed by atoms with Crippen LogP contribution in [0, 0.1) is 16.4 Å². The Morgan fingerprint density at radius 2 is 1.88 bits per heavy atom. The van der Waals surface area contributed by atoms with E-state index >= 15 is 0 Å². The summed E-state index contributed by atoms with van der Waals surface area (Å²) < 4.78 is 30.7. The Labute approximate surface area is 263 Å². The van der Waals surface area contributed by atoms with Crippen molar-refractivity contribution in [2.24, 2.45) is 5.92 Å². The number of hydrogen-bond acceptors (Lipinski definition) is 7. The largest absolute Gasteiger partial charge is 0.355 e. The van der Waals surface area contributed by atoms with Crippen LogP contribution in [0.5, 0.6) is 0 Å². The fourth-order valence-electron chi connectivity index (χ4n) is 4.59. The van der Waals surface area contributed by atoms with Crippen LogP contribution in [-0.2, 0) is 27.8 Å². The van der Waals surface area contributed by atoms with Crippen molar-refractivity contribution in [1.82, 2.24) is 20.1 Å². The Morgan fingerprint density at radius 1 is 1.10 bits per heavy atom. The average Bonchev–Trinajstić information content (AvgIpc) is 3.80. The molecule has 0 saturated heterocycles. The van der Waals surface area contributed by atoms with Gasteiger partial charge in [-0.3, -0.25) is 14.6 Å². The number of aromatic nitrogens is 1. The molecule has 226 valence electrons. The highest BCUT2D eigenvalue weighted by Gasteiger charge is 2.23. The van der Waals surface area contributed by atoms with E-state index in [1.165, 1.54) is 18.2 Å². The molecule has 1 amide bonds. The fraction of sp³-hybridized carbons (Fsp3) is 0.419. The highest BCUT2D eigenvalue weighted by molar-refractivity contribution is 14.1. The molecular weight excluding hydrogens is 665 g/mol. The van der Waals surface area contributed by atoms with Gasteiger partial charge in [-0.15, -0.1) is 0 Å². The number of nitrogens with one attached hydrogen (secondary N) is 3. The summed E-state index contributed by atoms with van der Waals surface area (Å²) in [7, 11) is -3.90. The van der Waals surface area contributed by atoms with Crippen LogP contribution in [0.4, 0.5) is 11.4 Å². The number of sulfonamides is 1. The first-order valence-corrected chi connectivity index (χ1v) is 17.0. The van der Waals surface area contributed by atoms with Gasteiger partial charge in [0.05, 0.1) is 22.8 Å². The molecule has 0 atom stereocenters. The zero-order chi connectivity index (χ0) is 30.1. The van der Waals surface area contributed by atoms with E-state index in [9.17, 15) is 13.2 Å². The summed E-state index contributed by atoms with van der Waals surface area (Å²) in [5.41, 5.74) is 6.64. The lowest BCUT2D eigenvalue weighted by molar-refractivity contribution is 0.0271. The summed E-state index contributed by atoms with van der Waals surface area (Å²) in [6, 6.07) is 14.0. The lowest BCUT2D eigenvalue weighted by atomic mass is 10.1. The molecule has 9 nitrogen and oxygen atoms in total. The Bertz CT molecular complexity index is 1480. The van der Waals surface area contributed by atoms with Crippen molar-refractivity contribution < 1.29 is 18.0 Å². The molecule has 11 heteroatoms. The van der Waals surface area contributed by atoms with Crippen molar-refractivity contribution in [3.8, 4) is 0 Å². The van der Waals surface area contributed by atoms with Gasteiger partial charge in [-0.05, 0) is 134 Å². The molecule has 3 N–H and O–H groups in total. The molecule has 3 aromatic rings. The van der Waals surface area contributed by atoms with Crippen LogP contribution in [0.3, 0.4) is 0 Å². The van der Waals surface area contributed by atoms with Gasteiger partial charge in [-0.25, -0.2) is 18.6 Å². The zero-order valence-electron chi connectivity index (χ0n) is 24.5. The Balaban J connectivity index is 1.52. The molecule has 1 aliphatic carbocycles. The topological polar surface area (TPSA) is 113 Å². The number of pyridine rings is 1. The molecular formula is C31H40IN5O4S. The molecule has 4 rings (SSSR count). The van der Waals surface area contributed by atoms with Crippen LogP contribution in [0.1, 0.15) is 60.3 Å². The first-order chi connectivity index (χ1) is 20.2. The van der Waals surface area contributed by atoms with Crippen LogP contribution in [-0.4, -0.2) is 50.5 Å². The summed E-state index contributed by atoms with van der Waals surface area (Å²) in [6.45, 7) is 9.80. The number of anilines is 2. The number of aryl methyl sites for hydroxylation is 2. The van der Waals surface area contributed by atoms with E-state index in [0.29, 0.717) is 18.2 Å². The maximum Gasteiger partial charge on any atom is 0.276 e. The van der Waals surface area contributed by atoms with Crippen molar-refractivity contribution >= 4 is 49.9 Å². The van der Waals surface area contributed by atoms with E-state index < -0.39 is 15.9 Å². The van der Waals surface area contributed by atoms with Crippen molar-refractivity contribution in [3.63, 3.8) is 0 Å². The summed E-state index contributed by atoms with van der Waals surface area (Å²) in [4.78, 5) is 25.4. The van der Waals surface area contributed by atoms with Gasteiger partial charge in [0.25, 0.3) is 5.91 Å². The second-order valence-corrected chi connectivity index (χ2v) is 13.6. The number of halogens is 1. The van der Waals surface area contributed by atoms with Gasteiger partial charge in [0.15, 0.2) is 0 Å². The predicted molar refractivity (Wildman–Crippen MR) is 174 cm³/mol. The quantitative estimate of drug-likeness (QED) is 0.132. The van der Waals surface area contributed by atoms with Gasteiger partial charge in [-0.1, -0.05) is 19.9 Å². The van der Waals surface area contributed by atoms with E-state index in [4.69, 9.17) is 4.84 Å². The average molecular weight is 706 g/mol. The normalized spacial score (nSPS) is 13.4. The molecule has 0 radical (unpaired) electrons. The van der Waals surface area contributed by atoms with E-state index in [-0.39, 0.29) is 17.0 Å². The first-order valence-electron chi connectivity index (χ1n) is 14.4. The molecule has 2 aromatic carbocycles. The van der Waals surface area contributed by atoms with E-state index in [0.717, 1.165) is 71.4 Å². The van der Waals surface area contributed by atoms with E-state index in [1.54, 1.807) is 6.20 Å². The van der Waals surface area contributed by atoms with Crippen molar-refractivity contribution in [1.29, 1.82) is 0 Å². The number of nitrogens with zero attached hydrogens (tertiary/aromatic N) is 2. The molecule has 1 saturated carbocycles. The Kier molecular flexibility index (Phi) is 11.7. The number of hydroxylamine groups is 1. The number of benzene rings is 2. The predicted octanol–water partition coefficient (Wildman–Crippen LogP) is 5.56. The van der Waals surface area contributed by atoms with Gasteiger partial charge >= 0.3 is 0 Å². The number of rotatable bonds is 16. The third-order valence-corrected chi connectivity index (χ3v) is 9.47. The monoisotopic (exact) mass is 705 g/mol. The Hall–Kier alpha value is -2.58. The third kappa shape index (κ3) is 9.21.